The van der Waals surface area contributed by atoms with Crippen LogP contribution in [0.4, 0.5) is 5.69 Å². The third-order valence-electron chi connectivity index (χ3n) is 3.41. The van der Waals surface area contributed by atoms with Crippen LogP contribution in [-0.4, -0.2) is 11.3 Å². The molecule has 3 aromatic carbocycles. The molecule has 0 heterocycles. The molecule has 0 unspecified atom stereocenters. The highest BCUT2D eigenvalue weighted by atomic mass is 79.9. The molecule has 7 heteroatoms. The van der Waals surface area contributed by atoms with E-state index in [1.807, 2.05) is 60.7 Å². The van der Waals surface area contributed by atoms with Gasteiger partial charge in [-0.05, 0) is 90.6 Å². The first-order valence-corrected chi connectivity index (χ1v) is 9.55. The molecule has 0 saturated carbocycles. The molecule has 136 valence electrons. The zero-order valence-electron chi connectivity index (χ0n) is 14.0. The van der Waals surface area contributed by atoms with Crippen molar-refractivity contribution in [3.8, 4) is 11.5 Å². The Kier molecular flexibility index (Phi) is 6.81. The summed E-state index contributed by atoms with van der Waals surface area (Å²) in [5, 5.41) is 8.28. The average molecular weight is 461 g/mol. The van der Waals surface area contributed by atoms with E-state index in [0.717, 1.165) is 27.2 Å². The van der Waals surface area contributed by atoms with Gasteiger partial charge in [0.1, 0.15) is 11.5 Å². The maximum Gasteiger partial charge on any atom is 0.191 e. The predicted octanol–water partition coefficient (Wildman–Crippen LogP) is 6.22. The van der Waals surface area contributed by atoms with Crippen LogP contribution in [0.1, 0.15) is 5.56 Å². The smallest absolute Gasteiger partial charge is 0.191 e. The first kappa shape index (κ1) is 19.4. The summed E-state index contributed by atoms with van der Waals surface area (Å²) in [7, 11) is 0. The minimum atomic E-state index is 0.413. The quantitative estimate of drug-likeness (QED) is 0.270. The Morgan fingerprint density at radius 3 is 2.15 bits per heavy atom. The van der Waals surface area contributed by atoms with Gasteiger partial charge in [0.2, 0.25) is 0 Å². The summed E-state index contributed by atoms with van der Waals surface area (Å²) in [4.78, 5) is 0. The minimum Gasteiger partial charge on any atom is -0.457 e. The molecule has 0 bridgehead atoms. The van der Waals surface area contributed by atoms with Crippen LogP contribution in [0.5, 0.6) is 11.5 Å². The lowest BCUT2D eigenvalue weighted by atomic mass is 10.2. The highest BCUT2D eigenvalue weighted by Gasteiger charge is 1.98. The van der Waals surface area contributed by atoms with Gasteiger partial charge in [-0.25, -0.2) is 0 Å². The molecule has 0 amide bonds. The molecule has 3 aromatic rings. The van der Waals surface area contributed by atoms with Crippen LogP contribution in [0.25, 0.3) is 0 Å². The summed E-state index contributed by atoms with van der Waals surface area (Å²) >= 11 is 14.5. The maximum absolute atomic E-state index is 5.87. The van der Waals surface area contributed by atoms with Gasteiger partial charge in [-0.3, -0.25) is 5.43 Å². The molecular weight excluding hydrogens is 446 g/mol. The van der Waals surface area contributed by atoms with E-state index < -0.39 is 0 Å². The van der Waals surface area contributed by atoms with E-state index in [1.165, 1.54) is 0 Å². The number of halogens is 2. The second kappa shape index (κ2) is 9.50. The Labute approximate surface area is 176 Å². The van der Waals surface area contributed by atoms with Crippen molar-refractivity contribution in [3.63, 3.8) is 0 Å². The number of anilines is 1. The number of hydrazone groups is 1. The molecule has 0 aliphatic heterocycles. The van der Waals surface area contributed by atoms with Crippen molar-refractivity contribution in [2.24, 2.45) is 5.10 Å². The lowest BCUT2D eigenvalue weighted by molar-refractivity contribution is 0.482. The number of thiocarbonyl (C=S) groups is 1. The molecule has 0 spiro atoms. The molecule has 4 nitrogen and oxygen atoms in total. The van der Waals surface area contributed by atoms with Crippen molar-refractivity contribution in [2.75, 3.05) is 5.32 Å². The summed E-state index contributed by atoms with van der Waals surface area (Å²) in [6.07, 6.45) is 1.68. The summed E-state index contributed by atoms with van der Waals surface area (Å²) in [6.45, 7) is 0. The third-order valence-corrected chi connectivity index (χ3v) is 4.39. The van der Waals surface area contributed by atoms with Gasteiger partial charge >= 0.3 is 0 Å². The number of hydrogen-bond donors (Lipinski definition) is 2. The van der Waals surface area contributed by atoms with Crippen LogP contribution in [0.3, 0.4) is 0 Å². The minimum absolute atomic E-state index is 0.413. The van der Waals surface area contributed by atoms with Crippen LogP contribution >= 0.6 is 39.7 Å². The number of rotatable bonds is 5. The predicted molar refractivity (Wildman–Crippen MR) is 119 cm³/mol. The molecule has 0 aliphatic carbocycles. The zero-order chi connectivity index (χ0) is 19.1. The Balaban J connectivity index is 1.50. The van der Waals surface area contributed by atoms with Crippen LogP contribution in [-0.2, 0) is 0 Å². The number of ether oxygens (including phenoxy) is 1. The molecule has 0 aliphatic rings. The van der Waals surface area contributed by atoms with Crippen LogP contribution in [0.15, 0.2) is 82.4 Å². The second-order valence-electron chi connectivity index (χ2n) is 5.46. The maximum atomic E-state index is 5.87. The summed E-state index contributed by atoms with van der Waals surface area (Å²) in [5.41, 5.74) is 4.59. The van der Waals surface area contributed by atoms with E-state index in [0.29, 0.717) is 10.1 Å². The van der Waals surface area contributed by atoms with Gasteiger partial charge in [0.15, 0.2) is 5.11 Å². The Bertz CT molecular complexity index is 929. The molecule has 0 atom stereocenters. The van der Waals surface area contributed by atoms with Crippen molar-refractivity contribution in [1.82, 2.24) is 5.43 Å². The normalized spacial score (nSPS) is 10.6. The fourth-order valence-corrected chi connectivity index (χ4v) is 2.68. The van der Waals surface area contributed by atoms with Crippen LogP contribution in [0.2, 0.25) is 5.02 Å². The number of benzene rings is 3. The van der Waals surface area contributed by atoms with Crippen molar-refractivity contribution >= 4 is 56.8 Å². The van der Waals surface area contributed by atoms with Gasteiger partial charge in [-0.1, -0.05) is 27.5 Å². The van der Waals surface area contributed by atoms with Crippen molar-refractivity contribution < 1.29 is 4.74 Å². The molecule has 3 rings (SSSR count). The summed E-state index contributed by atoms with van der Waals surface area (Å²) in [6, 6.07) is 22.5. The van der Waals surface area contributed by atoms with Gasteiger partial charge < -0.3 is 10.1 Å². The Morgan fingerprint density at radius 1 is 0.926 bits per heavy atom. The van der Waals surface area contributed by atoms with Crippen molar-refractivity contribution in [2.45, 2.75) is 0 Å². The topological polar surface area (TPSA) is 45.7 Å². The fourth-order valence-electron chi connectivity index (χ4n) is 2.12. The molecule has 0 radical (unpaired) electrons. The van der Waals surface area contributed by atoms with Crippen molar-refractivity contribution in [1.29, 1.82) is 0 Å². The largest absolute Gasteiger partial charge is 0.457 e. The number of nitrogens with zero attached hydrogens (tertiary/aromatic N) is 1. The highest BCUT2D eigenvalue weighted by molar-refractivity contribution is 9.10. The van der Waals surface area contributed by atoms with Gasteiger partial charge in [-0.15, -0.1) is 0 Å². The molecule has 2 N–H and O–H groups in total. The van der Waals surface area contributed by atoms with Crippen LogP contribution in [0, 0.1) is 0 Å². The van der Waals surface area contributed by atoms with E-state index in [9.17, 15) is 0 Å². The van der Waals surface area contributed by atoms with Crippen LogP contribution < -0.4 is 15.5 Å². The third kappa shape index (κ3) is 6.36. The summed E-state index contributed by atoms with van der Waals surface area (Å²) < 4.78 is 6.76. The lowest BCUT2D eigenvalue weighted by Crippen LogP contribution is -2.23. The van der Waals surface area contributed by atoms with E-state index in [4.69, 9.17) is 28.6 Å². The highest BCUT2D eigenvalue weighted by Crippen LogP contribution is 2.23. The molecule has 0 saturated heterocycles. The first-order valence-electron chi connectivity index (χ1n) is 7.97. The average Bonchev–Trinajstić information content (AvgIpc) is 2.67. The van der Waals surface area contributed by atoms with E-state index in [-0.39, 0.29) is 0 Å². The number of hydrogen-bond acceptors (Lipinski definition) is 3. The zero-order valence-corrected chi connectivity index (χ0v) is 17.2. The molecular formula is C20H15BrClN3OS. The van der Waals surface area contributed by atoms with E-state index >= 15 is 0 Å². The van der Waals surface area contributed by atoms with Crippen molar-refractivity contribution in [3.05, 3.63) is 87.9 Å². The van der Waals surface area contributed by atoms with Gasteiger partial charge in [0.05, 0.1) is 6.21 Å². The first-order chi connectivity index (χ1) is 13.1. The lowest BCUT2D eigenvalue weighted by Gasteiger charge is -2.07. The van der Waals surface area contributed by atoms with Gasteiger partial charge in [-0.2, -0.15) is 5.10 Å². The molecule has 27 heavy (non-hydrogen) atoms. The Hall–Kier alpha value is -2.41. The standard InChI is InChI=1S/C20H15BrClN3OS/c21-15-3-7-17(8-4-15)24-20(27)25-23-13-14-1-9-18(10-2-14)26-19-11-5-16(22)6-12-19/h1-13H,(H2,24,25,27)/b23-13+. The Morgan fingerprint density at radius 2 is 1.52 bits per heavy atom. The fraction of sp³-hybridized carbons (Fsp3) is 0. The monoisotopic (exact) mass is 459 g/mol. The number of nitrogens with one attached hydrogen (secondary N) is 2. The molecule has 0 aromatic heterocycles. The molecule has 0 fully saturated rings. The summed E-state index contributed by atoms with van der Waals surface area (Å²) in [5.74, 6) is 1.46. The van der Waals surface area contributed by atoms with E-state index in [1.54, 1.807) is 18.3 Å². The van der Waals surface area contributed by atoms with Gasteiger partial charge in [0.25, 0.3) is 0 Å². The SMILES string of the molecule is S=C(N/N=C/c1ccc(Oc2ccc(Cl)cc2)cc1)Nc1ccc(Br)cc1. The second-order valence-corrected chi connectivity index (χ2v) is 7.22. The van der Waals surface area contributed by atoms with Gasteiger partial charge in [0, 0.05) is 15.2 Å². The van der Waals surface area contributed by atoms with E-state index in [2.05, 4.69) is 31.8 Å².